The minimum Gasteiger partial charge on any atom is -0.495 e. The molecule has 6 heteroatoms. The smallest absolute Gasteiger partial charge is 0.335 e. The Bertz CT molecular complexity index is 609. The molecule has 0 saturated carbocycles. The highest BCUT2D eigenvalue weighted by Gasteiger charge is 2.11. The molecule has 2 aromatic rings. The van der Waals surface area contributed by atoms with Gasteiger partial charge in [-0.2, -0.15) is 0 Å². The number of hydrogen-bond acceptors (Lipinski definition) is 5. The van der Waals surface area contributed by atoms with Gasteiger partial charge < -0.3 is 19.3 Å². The second-order valence-corrected chi connectivity index (χ2v) is 3.81. The van der Waals surface area contributed by atoms with Gasteiger partial charge in [-0.05, 0) is 24.3 Å². The van der Waals surface area contributed by atoms with Crippen molar-refractivity contribution in [3.05, 3.63) is 42.1 Å². The van der Waals surface area contributed by atoms with Gasteiger partial charge in [0.25, 0.3) is 0 Å². The molecule has 1 aromatic carbocycles. The maximum Gasteiger partial charge on any atom is 0.335 e. The molecule has 0 amide bonds. The molecular formula is C14H13NO5. The van der Waals surface area contributed by atoms with E-state index in [1.54, 1.807) is 19.2 Å². The van der Waals surface area contributed by atoms with E-state index in [0.29, 0.717) is 23.1 Å². The van der Waals surface area contributed by atoms with Gasteiger partial charge >= 0.3 is 5.97 Å². The van der Waals surface area contributed by atoms with E-state index in [-0.39, 0.29) is 5.56 Å². The van der Waals surface area contributed by atoms with Crippen LogP contribution in [0.5, 0.6) is 23.1 Å². The van der Waals surface area contributed by atoms with Crippen LogP contribution in [-0.2, 0) is 0 Å². The summed E-state index contributed by atoms with van der Waals surface area (Å²) in [6.07, 6.45) is 1.52. The molecule has 0 aliphatic rings. The van der Waals surface area contributed by atoms with Crippen LogP contribution in [0.25, 0.3) is 0 Å². The Morgan fingerprint density at radius 1 is 1.10 bits per heavy atom. The summed E-state index contributed by atoms with van der Waals surface area (Å²) >= 11 is 0. The number of pyridine rings is 1. The van der Waals surface area contributed by atoms with E-state index in [4.69, 9.17) is 19.3 Å². The topological polar surface area (TPSA) is 77.9 Å². The molecule has 1 heterocycles. The minimum atomic E-state index is -1.03. The van der Waals surface area contributed by atoms with Crippen molar-refractivity contribution in [1.82, 2.24) is 4.98 Å². The first-order valence-electron chi connectivity index (χ1n) is 5.73. The third-order valence-electron chi connectivity index (χ3n) is 2.57. The normalized spacial score (nSPS) is 9.90. The molecule has 0 aliphatic heterocycles. The Hall–Kier alpha value is -2.76. The van der Waals surface area contributed by atoms with Crippen LogP contribution in [0.15, 0.2) is 36.5 Å². The summed E-state index contributed by atoms with van der Waals surface area (Å²) in [5.41, 5.74) is 0.122. The van der Waals surface area contributed by atoms with Gasteiger partial charge in [-0.15, -0.1) is 0 Å². The Morgan fingerprint density at radius 3 is 2.45 bits per heavy atom. The zero-order chi connectivity index (χ0) is 14.5. The number of hydrogen-bond donors (Lipinski definition) is 1. The zero-order valence-corrected chi connectivity index (χ0v) is 11.0. The Morgan fingerprint density at radius 2 is 1.90 bits per heavy atom. The van der Waals surface area contributed by atoms with Crippen LogP contribution in [0, 0.1) is 0 Å². The molecule has 2 rings (SSSR count). The highest BCUT2D eigenvalue weighted by Crippen LogP contribution is 2.31. The van der Waals surface area contributed by atoms with Gasteiger partial charge in [0.2, 0.25) is 5.88 Å². The number of rotatable bonds is 5. The van der Waals surface area contributed by atoms with Crippen molar-refractivity contribution in [2.75, 3.05) is 14.2 Å². The van der Waals surface area contributed by atoms with E-state index in [1.165, 1.54) is 31.5 Å². The quantitative estimate of drug-likeness (QED) is 0.903. The monoisotopic (exact) mass is 275 g/mol. The second kappa shape index (κ2) is 5.92. The number of aromatic nitrogens is 1. The van der Waals surface area contributed by atoms with Gasteiger partial charge in [-0.25, -0.2) is 9.78 Å². The van der Waals surface area contributed by atoms with Crippen LogP contribution in [0.1, 0.15) is 10.4 Å². The molecule has 104 valence electrons. The molecule has 0 fully saturated rings. The highest BCUT2D eigenvalue weighted by atomic mass is 16.5. The van der Waals surface area contributed by atoms with E-state index in [1.807, 2.05) is 0 Å². The summed E-state index contributed by atoms with van der Waals surface area (Å²) in [5, 5.41) is 8.92. The van der Waals surface area contributed by atoms with Crippen molar-refractivity contribution in [2.45, 2.75) is 0 Å². The average molecular weight is 275 g/mol. The van der Waals surface area contributed by atoms with E-state index >= 15 is 0 Å². The highest BCUT2D eigenvalue weighted by molar-refractivity contribution is 5.88. The van der Waals surface area contributed by atoms with Gasteiger partial charge in [0.05, 0.1) is 26.0 Å². The third kappa shape index (κ3) is 2.97. The maximum absolute atomic E-state index is 10.9. The number of carboxylic acids is 1. The number of ether oxygens (including phenoxy) is 3. The number of benzene rings is 1. The first-order valence-corrected chi connectivity index (χ1v) is 5.73. The molecule has 1 aromatic heterocycles. The van der Waals surface area contributed by atoms with E-state index in [9.17, 15) is 4.79 Å². The molecule has 20 heavy (non-hydrogen) atoms. The summed E-state index contributed by atoms with van der Waals surface area (Å²) in [4.78, 5) is 14.9. The molecule has 0 bridgehead atoms. The zero-order valence-electron chi connectivity index (χ0n) is 11.0. The number of carbonyl (C=O) groups is 1. The van der Waals surface area contributed by atoms with Gasteiger partial charge in [0, 0.05) is 6.07 Å². The Balaban J connectivity index is 2.25. The van der Waals surface area contributed by atoms with Gasteiger partial charge in [0.1, 0.15) is 5.75 Å². The summed E-state index contributed by atoms with van der Waals surface area (Å²) in [6.45, 7) is 0. The molecule has 0 aliphatic carbocycles. The van der Waals surface area contributed by atoms with Crippen LogP contribution >= 0.6 is 0 Å². The minimum absolute atomic E-state index is 0.122. The molecule has 0 spiro atoms. The summed E-state index contributed by atoms with van der Waals surface area (Å²) in [5.74, 6) is 0.646. The second-order valence-electron chi connectivity index (χ2n) is 3.81. The fourth-order valence-electron chi connectivity index (χ4n) is 1.55. The summed E-state index contributed by atoms with van der Waals surface area (Å²) in [7, 11) is 2.99. The fraction of sp³-hybridized carbons (Fsp3) is 0.143. The molecule has 0 atom stereocenters. The van der Waals surface area contributed by atoms with Crippen molar-refractivity contribution >= 4 is 5.97 Å². The van der Waals surface area contributed by atoms with Gasteiger partial charge in [-0.3, -0.25) is 0 Å². The van der Waals surface area contributed by atoms with Crippen molar-refractivity contribution < 1.29 is 24.1 Å². The lowest BCUT2D eigenvalue weighted by Gasteiger charge is -2.10. The van der Waals surface area contributed by atoms with Crippen molar-refractivity contribution in [2.24, 2.45) is 0 Å². The molecule has 6 nitrogen and oxygen atoms in total. The average Bonchev–Trinajstić information content (AvgIpc) is 2.48. The molecular weight excluding hydrogens is 262 g/mol. The van der Waals surface area contributed by atoms with Crippen LogP contribution in [-0.4, -0.2) is 30.3 Å². The number of nitrogens with zero attached hydrogens (tertiary/aromatic N) is 1. The number of aromatic carboxylic acids is 1. The lowest BCUT2D eigenvalue weighted by Crippen LogP contribution is -1.98. The largest absolute Gasteiger partial charge is 0.495 e. The van der Waals surface area contributed by atoms with E-state index < -0.39 is 5.97 Å². The van der Waals surface area contributed by atoms with Crippen molar-refractivity contribution in [3.63, 3.8) is 0 Å². The number of methoxy groups -OCH3 is 2. The van der Waals surface area contributed by atoms with Crippen LogP contribution in [0.2, 0.25) is 0 Å². The Kier molecular flexibility index (Phi) is 4.05. The standard InChI is InChI=1S/C14H13NO5/c1-18-10-4-6-13(15-8-10)20-11-5-3-9(14(16)17)7-12(11)19-2/h3-8H,1-2H3,(H,16,17). The van der Waals surface area contributed by atoms with Crippen LogP contribution in [0.4, 0.5) is 0 Å². The lowest BCUT2D eigenvalue weighted by atomic mass is 10.2. The molecule has 0 saturated heterocycles. The maximum atomic E-state index is 10.9. The molecule has 1 N–H and O–H groups in total. The first-order chi connectivity index (χ1) is 9.63. The fourth-order valence-corrected chi connectivity index (χ4v) is 1.55. The van der Waals surface area contributed by atoms with Crippen LogP contribution in [0.3, 0.4) is 0 Å². The lowest BCUT2D eigenvalue weighted by molar-refractivity contribution is 0.0696. The summed E-state index contributed by atoms with van der Waals surface area (Å²) in [6, 6.07) is 7.70. The van der Waals surface area contributed by atoms with E-state index in [0.717, 1.165) is 0 Å². The number of carboxylic acid groups (broad SMARTS) is 1. The van der Waals surface area contributed by atoms with Crippen LogP contribution < -0.4 is 14.2 Å². The third-order valence-corrected chi connectivity index (χ3v) is 2.57. The van der Waals surface area contributed by atoms with Crippen molar-refractivity contribution in [1.29, 1.82) is 0 Å². The van der Waals surface area contributed by atoms with Crippen molar-refractivity contribution in [3.8, 4) is 23.1 Å². The van der Waals surface area contributed by atoms with Gasteiger partial charge in [0.15, 0.2) is 11.5 Å². The predicted molar refractivity (Wildman–Crippen MR) is 70.8 cm³/mol. The first kappa shape index (κ1) is 13.7. The molecule has 0 radical (unpaired) electrons. The van der Waals surface area contributed by atoms with Gasteiger partial charge in [-0.1, -0.05) is 0 Å². The summed E-state index contributed by atoms with van der Waals surface area (Å²) < 4.78 is 15.7. The predicted octanol–water partition coefficient (Wildman–Crippen LogP) is 2.59. The SMILES string of the molecule is COc1ccc(Oc2ccc(C(=O)O)cc2OC)nc1. The molecule has 0 unspecified atom stereocenters. The Labute approximate surface area is 115 Å². The van der Waals surface area contributed by atoms with E-state index in [2.05, 4.69) is 4.98 Å².